The molecule has 0 saturated carbocycles. The Hall–Kier alpha value is -2.55. The van der Waals surface area contributed by atoms with Crippen LogP contribution in [-0.4, -0.2) is 4.98 Å². The van der Waals surface area contributed by atoms with Crippen molar-refractivity contribution in [3.63, 3.8) is 0 Å². The Labute approximate surface area is 111 Å². The summed E-state index contributed by atoms with van der Waals surface area (Å²) in [5.74, 6) is 1.58. The SMILES string of the molecule is Cc1cc(Oc2ccc(N)cc2)cc2cccnc12. The number of hydrogen-bond acceptors (Lipinski definition) is 3. The maximum absolute atomic E-state index is 5.84. The van der Waals surface area contributed by atoms with E-state index >= 15 is 0 Å². The van der Waals surface area contributed by atoms with Gasteiger partial charge in [0.15, 0.2) is 0 Å². The van der Waals surface area contributed by atoms with Crippen LogP contribution in [0.25, 0.3) is 10.9 Å². The molecule has 0 aliphatic carbocycles. The average molecular weight is 250 g/mol. The normalized spacial score (nSPS) is 10.6. The van der Waals surface area contributed by atoms with Crippen molar-refractivity contribution in [1.29, 1.82) is 0 Å². The number of pyridine rings is 1. The molecule has 0 unspecified atom stereocenters. The number of nitrogen functional groups attached to an aromatic ring is 1. The maximum Gasteiger partial charge on any atom is 0.128 e. The van der Waals surface area contributed by atoms with Gasteiger partial charge in [0.05, 0.1) is 5.52 Å². The highest BCUT2D eigenvalue weighted by Crippen LogP contribution is 2.27. The Kier molecular flexibility index (Phi) is 2.80. The lowest BCUT2D eigenvalue weighted by molar-refractivity contribution is 0.483. The molecule has 0 atom stereocenters. The molecule has 0 radical (unpaired) electrons. The first kappa shape index (κ1) is 11.5. The minimum absolute atomic E-state index is 0.728. The van der Waals surface area contributed by atoms with Gasteiger partial charge in [-0.1, -0.05) is 6.07 Å². The van der Waals surface area contributed by atoms with E-state index in [0.29, 0.717) is 0 Å². The van der Waals surface area contributed by atoms with Crippen molar-refractivity contribution < 1.29 is 4.74 Å². The van der Waals surface area contributed by atoms with E-state index in [2.05, 4.69) is 4.98 Å². The van der Waals surface area contributed by atoms with Crippen LogP contribution in [-0.2, 0) is 0 Å². The summed E-state index contributed by atoms with van der Waals surface area (Å²) in [6.45, 7) is 2.03. The van der Waals surface area contributed by atoms with E-state index in [4.69, 9.17) is 10.5 Å². The van der Waals surface area contributed by atoms with Crippen LogP contribution < -0.4 is 10.5 Å². The predicted molar refractivity (Wildman–Crippen MR) is 77.4 cm³/mol. The quantitative estimate of drug-likeness (QED) is 0.701. The van der Waals surface area contributed by atoms with E-state index in [1.165, 1.54) is 0 Å². The van der Waals surface area contributed by atoms with Crippen LogP contribution in [0.3, 0.4) is 0 Å². The fourth-order valence-electron chi connectivity index (χ4n) is 2.07. The molecule has 3 rings (SSSR count). The molecule has 94 valence electrons. The largest absolute Gasteiger partial charge is 0.457 e. The van der Waals surface area contributed by atoms with Crippen molar-refractivity contribution in [1.82, 2.24) is 4.98 Å². The van der Waals surface area contributed by atoms with Crippen LogP contribution in [0.2, 0.25) is 0 Å². The summed E-state index contributed by atoms with van der Waals surface area (Å²) in [5.41, 5.74) is 8.49. The van der Waals surface area contributed by atoms with Gasteiger partial charge < -0.3 is 10.5 Å². The number of aryl methyl sites for hydroxylation is 1. The van der Waals surface area contributed by atoms with Crippen molar-refractivity contribution in [2.75, 3.05) is 5.73 Å². The molecule has 0 fully saturated rings. The summed E-state index contributed by atoms with van der Waals surface area (Å²) in [7, 11) is 0. The van der Waals surface area contributed by atoms with Gasteiger partial charge in [-0.15, -0.1) is 0 Å². The molecule has 3 nitrogen and oxygen atoms in total. The molecule has 19 heavy (non-hydrogen) atoms. The zero-order chi connectivity index (χ0) is 13.2. The molecule has 0 aliphatic rings. The average Bonchev–Trinajstić information content (AvgIpc) is 2.42. The first-order chi connectivity index (χ1) is 9.22. The predicted octanol–water partition coefficient (Wildman–Crippen LogP) is 3.92. The second-order valence-electron chi connectivity index (χ2n) is 4.49. The number of hydrogen-bond donors (Lipinski definition) is 1. The van der Waals surface area contributed by atoms with Crippen molar-refractivity contribution in [3.05, 3.63) is 60.3 Å². The lowest BCUT2D eigenvalue weighted by Crippen LogP contribution is -1.89. The zero-order valence-electron chi connectivity index (χ0n) is 10.6. The fraction of sp³-hybridized carbons (Fsp3) is 0.0625. The standard InChI is InChI=1S/C16H14N2O/c1-11-9-15(10-12-3-2-8-18-16(11)12)19-14-6-4-13(17)5-7-14/h2-10H,17H2,1H3. The second kappa shape index (κ2) is 4.61. The topological polar surface area (TPSA) is 48.1 Å². The summed E-state index contributed by atoms with van der Waals surface area (Å²) < 4.78 is 5.84. The van der Waals surface area contributed by atoms with Crippen LogP contribution in [0.1, 0.15) is 5.56 Å². The van der Waals surface area contributed by atoms with Gasteiger partial charge in [-0.3, -0.25) is 4.98 Å². The van der Waals surface area contributed by atoms with Crippen molar-refractivity contribution in [2.24, 2.45) is 0 Å². The molecule has 1 heterocycles. The van der Waals surface area contributed by atoms with Gasteiger partial charge in [0.25, 0.3) is 0 Å². The van der Waals surface area contributed by atoms with Gasteiger partial charge in [-0.05, 0) is 55.0 Å². The first-order valence-corrected chi connectivity index (χ1v) is 6.11. The monoisotopic (exact) mass is 250 g/mol. The Morgan fingerprint density at radius 1 is 1.00 bits per heavy atom. The van der Waals surface area contributed by atoms with E-state index in [0.717, 1.165) is 33.7 Å². The molecule has 2 N–H and O–H groups in total. The number of benzene rings is 2. The fourth-order valence-corrected chi connectivity index (χ4v) is 2.07. The van der Waals surface area contributed by atoms with Crippen LogP contribution >= 0.6 is 0 Å². The third-order valence-corrected chi connectivity index (χ3v) is 2.98. The number of aromatic nitrogens is 1. The van der Waals surface area contributed by atoms with Crippen LogP contribution in [0.4, 0.5) is 5.69 Å². The molecule has 0 aliphatic heterocycles. The summed E-state index contributed by atoms with van der Waals surface area (Å²) >= 11 is 0. The number of rotatable bonds is 2. The Morgan fingerprint density at radius 3 is 2.58 bits per heavy atom. The zero-order valence-corrected chi connectivity index (χ0v) is 10.6. The van der Waals surface area contributed by atoms with Gasteiger partial charge in [-0.25, -0.2) is 0 Å². The minimum Gasteiger partial charge on any atom is -0.457 e. The van der Waals surface area contributed by atoms with Crippen LogP contribution in [0.15, 0.2) is 54.7 Å². The summed E-state index contributed by atoms with van der Waals surface area (Å²) in [6.07, 6.45) is 1.80. The second-order valence-corrected chi connectivity index (χ2v) is 4.49. The van der Waals surface area contributed by atoms with Gasteiger partial charge >= 0.3 is 0 Å². The van der Waals surface area contributed by atoms with Gasteiger partial charge in [-0.2, -0.15) is 0 Å². The molecular formula is C16H14N2O. The van der Waals surface area contributed by atoms with Crippen molar-refractivity contribution in [3.8, 4) is 11.5 Å². The van der Waals surface area contributed by atoms with E-state index in [1.807, 2.05) is 55.5 Å². The number of ether oxygens (including phenoxy) is 1. The summed E-state index contributed by atoms with van der Waals surface area (Å²) in [4.78, 5) is 4.37. The number of nitrogens with two attached hydrogens (primary N) is 1. The highest BCUT2D eigenvalue weighted by Gasteiger charge is 2.03. The van der Waals surface area contributed by atoms with E-state index in [9.17, 15) is 0 Å². The molecule has 3 aromatic rings. The summed E-state index contributed by atoms with van der Waals surface area (Å²) in [6, 6.07) is 15.3. The Bertz CT molecular complexity index is 720. The lowest BCUT2D eigenvalue weighted by atomic mass is 10.1. The van der Waals surface area contributed by atoms with E-state index in [-0.39, 0.29) is 0 Å². The molecule has 0 saturated heterocycles. The molecule has 0 amide bonds. The smallest absolute Gasteiger partial charge is 0.128 e. The maximum atomic E-state index is 5.84. The molecule has 0 bridgehead atoms. The Balaban J connectivity index is 1.99. The molecule has 2 aromatic carbocycles. The number of anilines is 1. The van der Waals surface area contributed by atoms with E-state index in [1.54, 1.807) is 6.20 Å². The molecular weight excluding hydrogens is 236 g/mol. The third kappa shape index (κ3) is 2.36. The highest BCUT2D eigenvalue weighted by atomic mass is 16.5. The van der Waals surface area contributed by atoms with Crippen LogP contribution in [0.5, 0.6) is 11.5 Å². The number of nitrogens with zero attached hydrogens (tertiary/aromatic N) is 1. The third-order valence-electron chi connectivity index (χ3n) is 2.98. The molecule has 3 heteroatoms. The highest BCUT2D eigenvalue weighted by molar-refractivity contribution is 5.83. The van der Waals surface area contributed by atoms with Gasteiger partial charge in [0.2, 0.25) is 0 Å². The minimum atomic E-state index is 0.728. The van der Waals surface area contributed by atoms with Gasteiger partial charge in [0.1, 0.15) is 11.5 Å². The first-order valence-electron chi connectivity index (χ1n) is 6.11. The molecule has 0 spiro atoms. The van der Waals surface area contributed by atoms with Crippen molar-refractivity contribution in [2.45, 2.75) is 6.92 Å². The number of fused-ring (bicyclic) bond motifs is 1. The molecule has 1 aromatic heterocycles. The Morgan fingerprint density at radius 2 is 1.79 bits per heavy atom. The van der Waals surface area contributed by atoms with Gasteiger partial charge in [0, 0.05) is 17.3 Å². The summed E-state index contributed by atoms with van der Waals surface area (Å²) in [5, 5.41) is 1.08. The van der Waals surface area contributed by atoms with Crippen LogP contribution in [0, 0.1) is 6.92 Å². The van der Waals surface area contributed by atoms with E-state index < -0.39 is 0 Å². The lowest BCUT2D eigenvalue weighted by Gasteiger charge is -2.09. The van der Waals surface area contributed by atoms with Crippen molar-refractivity contribution >= 4 is 16.6 Å².